The molecule has 19 heavy (non-hydrogen) atoms. The summed E-state index contributed by atoms with van der Waals surface area (Å²) in [6.07, 6.45) is 4.38. The molecule has 2 rings (SSSR count). The number of benzene rings is 1. The van der Waals surface area contributed by atoms with Crippen molar-refractivity contribution in [2.24, 2.45) is 11.7 Å². The third kappa shape index (κ3) is 3.41. The quantitative estimate of drug-likeness (QED) is 0.784. The summed E-state index contributed by atoms with van der Waals surface area (Å²) >= 11 is 4.68. The van der Waals surface area contributed by atoms with Gasteiger partial charge in [-0.2, -0.15) is 0 Å². The van der Waals surface area contributed by atoms with Gasteiger partial charge in [0.1, 0.15) is 4.99 Å². The predicted molar refractivity (Wildman–Crippen MR) is 77.3 cm³/mol. The Kier molecular flexibility index (Phi) is 4.34. The molecule has 0 aromatic heterocycles. The summed E-state index contributed by atoms with van der Waals surface area (Å²) in [6.45, 7) is 2.04. The highest BCUT2D eigenvalue weighted by Gasteiger charge is 2.25. The van der Waals surface area contributed by atoms with Crippen molar-refractivity contribution in [1.82, 2.24) is 0 Å². The van der Waals surface area contributed by atoms with Crippen LogP contribution >= 0.6 is 12.2 Å². The Bertz CT molecular complexity index is 487. The lowest BCUT2D eigenvalue weighted by Crippen LogP contribution is -2.21. The average molecular weight is 284 g/mol. The second-order valence-electron chi connectivity index (χ2n) is 5.08. The lowest BCUT2D eigenvalue weighted by molar-refractivity contribution is 0.505. The van der Waals surface area contributed by atoms with Crippen LogP contribution in [-0.2, 0) is 0 Å². The molecule has 0 amide bonds. The van der Waals surface area contributed by atoms with Crippen LogP contribution in [0.25, 0.3) is 0 Å². The molecule has 104 valence electrons. The molecule has 1 unspecified atom stereocenters. The second kappa shape index (κ2) is 5.82. The van der Waals surface area contributed by atoms with Crippen molar-refractivity contribution >= 4 is 22.9 Å². The smallest absolute Gasteiger partial charge is 0.182 e. The zero-order valence-corrected chi connectivity index (χ0v) is 11.7. The SMILES string of the molecule is CCC(CC1CC1)Nc1ccc(C(N)=S)c(F)c1F. The highest BCUT2D eigenvalue weighted by Crippen LogP contribution is 2.35. The van der Waals surface area contributed by atoms with Gasteiger partial charge in [-0.25, -0.2) is 8.78 Å². The van der Waals surface area contributed by atoms with Crippen molar-refractivity contribution in [2.45, 2.75) is 38.6 Å². The predicted octanol–water partition coefficient (Wildman–Crippen LogP) is 3.59. The van der Waals surface area contributed by atoms with Crippen LogP contribution in [0.1, 0.15) is 38.2 Å². The Hall–Kier alpha value is -1.23. The minimum atomic E-state index is -0.973. The Balaban J connectivity index is 2.15. The number of rotatable bonds is 6. The van der Waals surface area contributed by atoms with Gasteiger partial charge in [0, 0.05) is 11.6 Å². The molecular formula is C14H18F2N2S. The van der Waals surface area contributed by atoms with Crippen molar-refractivity contribution < 1.29 is 8.78 Å². The van der Waals surface area contributed by atoms with Gasteiger partial charge in [0.2, 0.25) is 0 Å². The van der Waals surface area contributed by atoms with E-state index in [1.807, 2.05) is 6.92 Å². The number of halogens is 2. The third-order valence-electron chi connectivity index (χ3n) is 3.51. The summed E-state index contributed by atoms with van der Waals surface area (Å²) in [5, 5.41) is 3.08. The third-order valence-corrected chi connectivity index (χ3v) is 3.73. The van der Waals surface area contributed by atoms with Crippen molar-refractivity contribution in [1.29, 1.82) is 0 Å². The van der Waals surface area contributed by atoms with Crippen molar-refractivity contribution in [3.05, 3.63) is 29.3 Å². The zero-order valence-electron chi connectivity index (χ0n) is 10.9. The molecule has 1 aliphatic rings. The Labute approximate surface area is 117 Å². The van der Waals surface area contributed by atoms with Crippen LogP contribution in [0.3, 0.4) is 0 Å². The molecule has 1 aliphatic carbocycles. The lowest BCUT2D eigenvalue weighted by Gasteiger charge is -2.19. The molecule has 1 fully saturated rings. The summed E-state index contributed by atoms with van der Waals surface area (Å²) in [7, 11) is 0. The first-order chi connectivity index (χ1) is 9.02. The largest absolute Gasteiger partial charge is 0.389 e. The molecule has 0 bridgehead atoms. The van der Waals surface area contributed by atoms with Gasteiger partial charge in [0.05, 0.1) is 5.69 Å². The summed E-state index contributed by atoms with van der Waals surface area (Å²) in [6, 6.07) is 3.10. The maximum atomic E-state index is 13.9. The average Bonchev–Trinajstić information content (AvgIpc) is 3.17. The fraction of sp³-hybridized carbons (Fsp3) is 0.500. The van der Waals surface area contributed by atoms with Gasteiger partial charge in [-0.1, -0.05) is 32.0 Å². The highest BCUT2D eigenvalue weighted by molar-refractivity contribution is 7.80. The molecule has 2 nitrogen and oxygen atoms in total. The van der Waals surface area contributed by atoms with Crippen LogP contribution in [0.5, 0.6) is 0 Å². The van der Waals surface area contributed by atoms with E-state index in [2.05, 4.69) is 17.5 Å². The fourth-order valence-corrected chi connectivity index (χ4v) is 2.31. The summed E-state index contributed by atoms with van der Waals surface area (Å²) < 4.78 is 27.7. The van der Waals surface area contributed by atoms with Gasteiger partial charge in [0.15, 0.2) is 11.6 Å². The van der Waals surface area contributed by atoms with Crippen LogP contribution in [0.15, 0.2) is 12.1 Å². The minimum absolute atomic E-state index is 0.0479. The maximum Gasteiger partial charge on any atom is 0.182 e. The van der Waals surface area contributed by atoms with E-state index >= 15 is 0 Å². The number of anilines is 1. The van der Waals surface area contributed by atoms with Gasteiger partial charge < -0.3 is 11.1 Å². The van der Waals surface area contributed by atoms with Crippen LogP contribution in [-0.4, -0.2) is 11.0 Å². The van der Waals surface area contributed by atoms with E-state index in [9.17, 15) is 8.78 Å². The fourth-order valence-electron chi connectivity index (χ4n) is 2.15. The van der Waals surface area contributed by atoms with E-state index in [1.54, 1.807) is 0 Å². The van der Waals surface area contributed by atoms with Crippen LogP contribution < -0.4 is 11.1 Å². The van der Waals surface area contributed by atoms with E-state index in [-0.39, 0.29) is 22.3 Å². The molecule has 0 aliphatic heterocycles. The summed E-state index contributed by atoms with van der Waals surface area (Å²) in [5.74, 6) is -1.14. The van der Waals surface area contributed by atoms with Gasteiger partial charge in [-0.3, -0.25) is 0 Å². The summed E-state index contributed by atoms with van der Waals surface area (Å²) in [4.78, 5) is -0.132. The highest BCUT2D eigenvalue weighted by atomic mass is 32.1. The maximum absolute atomic E-state index is 13.9. The molecule has 0 radical (unpaired) electrons. The Morgan fingerprint density at radius 1 is 1.42 bits per heavy atom. The molecule has 0 heterocycles. The molecule has 1 atom stereocenters. The Morgan fingerprint density at radius 3 is 2.63 bits per heavy atom. The van der Waals surface area contributed by atoms with E-state index in [1.165, 1.54) is 25.0 Å². The number of nitrogens with two attached hydrogens (primary N) is 1. The van der Waals surface area contributed by atoms with E-state index in [4.69, 9.17) is 5.73 Å². The number of hydrogen-bond donors (Lipinski definition) is 2. The number of hydrogen-bond acceptors (Lipinski definition) is 2. The van der Waals surface area contributed by atoms with E-state index in [0.29, 0.717) is 0 Å². The first-order valence-electron chi connectivity index (χ1n) is 6.57. The van der Waals surface area contributed by atoms with Crippen LogP contribution in [0.4, 0.5) is 14.5 Å². The lowest BCUT2D eigenvalue weighted by atomic mass is 10.1. The molecule has 1 aromatic rings. The van der Waals surface area contributed by atoms with Gasteiger partial charge in [0.25, 0.3) is 0 Å². The second-order valence-corrected chi connectivity index (χ2v) is 5.52. The van der Waals surface area contributed by atoms with Crippen LogP contribution in [0, 0.1) is 17.6 Å². The molecule has 5 heteroatoms. The molecule has 1 saturated carbocycles. The van der Waals surface area contributed by atoms with Gasteiger partial charge in [-0.15, -0.1) is 0 Å². The van der Waals surface area contributed by atoms with E-state index in [0.717, 1.165) is 18.8 Å². The first kappa shape index (κ1) is 14.2. The van der Waals surface area contributed by atoms with E-state index < -0.39 is 11.6 Å². The van der Waals surface area contributed by atoms with Crippen molar-refractivity contribution in [3.63, 3.8) is 0 Å². The van der Waals surface area contributed by atoms with Crippen molar-refractivity contribution in [3.8, 4) is 0 Å². The topological polar surface area (TPSA) is 38.0 Å². The molecular weight excluding hydrogens is 266 g/mol. The standard InChI is InChI=1S/C14H18F2N2S/c1-2-9(7-8-3-4-8)18-11-6-5-10(14(17)19)12(15)13(11)16/h5-6,8-9,18H,2-4,7H2,1H3,(H2,17,19). The monoisotopic (exact) mass is 284 g/mol. The zero-order chi connectivity index (χ0) is 14.0. The molecule has 0 saturated heterocycles. The number of thiocarbonyl (C=S) groups is 1. The molecule has 1 aromatic carbocycles. The van der Waals surface area contributed by atoms with Crippen LogP contribution in [0.2, 0.25) is 0 Å². The van der Waals surface area contributed by atoms with Gasteiger partial charge >= 0.3 is 0 Å². The normalized spacial score (nSPS) is 16.2. The molecule has 0 spiro atoms. The summed E-state index contributed by atoms with van der Waals surface area (Å²) in [5.41, 5.74) is 5.48. The Morgan fingerprint density at radius 2 is 2.11 bits per heavy atom. The van der Waals surface area contributed by atoms with Crippen molar-refractivity contribution in [2.75, 3.05) is 5.32 Å². The number of nitrogens with one attached hydrogen (secondary N) is 1. The molecule has 3 N–H and O–H groups in total. The first-order valence-corrected chi connectivity index (χ1v) is 6.98. The van der Waals surface area contributed by atoms with Gasteiger partial charge in [-0.05, 0) is 30.9 Å². The minimum Gasteiger partial charge on any atom is -0.389 e.